The van der Waals surface area contributed by atoms with Gasteiger partial charge in [-0.25, -0.2) is 0 Å². The van der Waals surface area contributed by atoms with Crippen molar-refractivity contribution < 1.29 is 9.53 Å². The summed E-state index contributed by atoms with van der Waals surface area (Å²) in [7, 11) is 2.16. The first-order chi connectivity index (χ1) is 11.7. The van der Waals surface area contributed by atoms with Crippen LogP contribution in [0.3, 0.4) is 0 Å². The normalized spacial score (nSPS) is 20.7. The first kappa shape index (κ1) is 17.3. The number of piperidine rings is 1. The Morgan fingerprint density at radius 2 is 1.75 bits per heavy atom. The third-order valence-corrected chi connectivity index (χ3v) is 5.33. The lowest BCUT2D eigenvalue weighted by molar-refractivity contribution is -0.126. The number of hydrogen-bond donors (Lipinski definition) is 1. The Labute approximate surface area is 145 Å². The SMILES string of the molecule is CN1CCC(Oc2ccc(CNC(=O)C3CCCCC3)cc2)CC1. The number of rotatable bonds is 5. The second-order valence-electron chi connectivity index (χ2n) is 7.32. The summed E-state index contributed by atoms with van der Waals surface area (Å²) in [5, 5.41) is 3.09. The van der Waals surface area contributed by atoms with Gasteiger partial charge in [-0.3, -0.25) is 4.79 Å². The lowest BCUT2D eigenvalue weighted by atomic mass is 9.88. The largest absolute Gasteiger partial charge is 0.490 e. The molecule has 132 valence electrons. The van der Waals surface area contributed by atoms with Gasteiger partial charge in [0.25, 0.3) is 0 Å². The summed E-state index contributed by atoms with van der Waals surface area (Å²) < 4.78 is 6.07. The maximum atomic E-state index is 12.2. The van der Waals surface area contributed by atoms with Crippen molar-refractivity contribution in [3.63, 3.8) is 0 Å². The van der Waals surface area contributed by atoms with E-state index < -0.39 is 0 Å². The molecule has 0 aromatic heterocycles. The van der Waals surface area contributed by atoms with Gasteiger partial charge in [0.1, 0.15) is 11.9 Å². The topological polar surface area (TPSA) is 41.6 Å². The van der Waals surface area contributed by atoms with Crippen molar-refractivity contribution in [1.29, 1.82) is 0 Å². The molecule has 0 atom stereocenters. The van der Waals surface area contributed by atoms with Crippen LogP contribution in [0.5, 0.6) is 5.75 Å². The first-order valence-electron chi connectivity index (χ1n) is 9.42. The van der Waals surface area contributed by atoms with Gasteiger partial charge in [-0.05, 0) is 50.4 Å². The van der Waals surface area contributed by atoms with Gasteiger partial charge in [0, 0.05) is 25.6 Å². The van der Waals surface area contributed by atoms with Gasteiger partial charge in [0.05, 0.1) is 0 Å². The Hall–Kier alpha value is -1.55. The highest BCUT2D eigenvalue weighted by Gasteiger charge is 2.20. The third kappa shape index (κ3) is 4.97. The monoisotopic (exact) mass is 330 g/mol. The standard InChI is InChI=1S/C20H30N2O2/c1-22-13-11-19(12-14-22)24-18-9-7-16(8-10-18)15-21-20(23)17-5-3-2-4-6-17/h7-10,17,19H,2-6,11-15H2,1H3,(H,21,23). The molecule has 1 aliphatic carbocycles. The number of ether oxygens (including phenoxy) is 1. The predicted molar refractivity (Wildman–Crippen MR) is 96.0 cm³/mol. The molecule has 0 bridgehead atoms. The number of carbonyl (C=O) groups is 1. The van der Waals surface area contributed by atoms with Gasteiger partial charge in [-0.1, -0.05) is 31.4 Å². The van der Waals surface area contributed by atoms with Crippen molar-refractivity contribution >= 4 is 5.91 Å². The number of hydrogen-bond acceptors (Lipinski definition) is 3. The Morgan fingerprint density at radius 1 is 1.08 bits per heavy atom. The number of carbonyl (C=O) groups excluding carboxylic acids is 1. The molecule has 1 N–H and O–H groups in total. The molecule has 1 amide bonds. The van der Waals surface area contributed by atoms with E-state index in [0.717, 1.165) is 50.1 Å². The quantitative estimate of drug-likeness (QED) is 0.900. The van der Waals surface area contributed by atoms with Crippen LogP contribution in [0.2, 0.25) is 0 Å². The molecule has 1 aromatic rings. The summed E-state index contributed by atoms with van der Waals surface area (Å²) in [4.78, 5) is 14.5. The molecule has 3 rings (SSSR count). The minimum absolute atomic E-state index is 0.223. The number of likely N-dealkylation sites (tertiary alicyclic amines) is 1. The molecule has 24 heavy (non-hydrogen) atoms. The molecule has 2 aliphatic rings. The van der Waals surface area contributed by atoms with Gasteiger partial charge in [-0.2, -0.15) is 0 Å². The summed E-state index contributed by atoms with van der Waals surface area (Å²) in [6.07, 6.45) is 8.29. The van der Waals surface area contributed by atoms with E-state index in [-0.39, 0.29) is 11.8 Å². The molecule has 4 nitrogen and oxygen atoms in total. The molecular weight excluding hydrogens is 300 g/mol. The van der Waals surface area contributed by atoms with Gasteiger partial charge in [0.2, 0.25) is 5.91 Å². The number of benzene rings is 1. The van der Waals surface area contributed by atoms with Crippen LogP contribution in [0.25, 0.3) is 0 Å². The van der Waals surface area contributed by atoms with Crippen LogP contribution in [0.4, 0.5) is 0 Å². The molecule has 1 aliphatic heterocycles. The average Bonchev–Trinajstić information content (AvgIpc) is 2.63. The lowest BCUT2D eigenvalue weighted by Gasteiger charge is -2.29. The fourth-order valence-corrected chi connectivity index (χ4v) is 3.68. The van der Waals surface area contributed by atoms with Crippen LogP contribution in [0.15, 0.2) is 24.3 Å². The zero-order valence-electron chi connectivity index (χ0n) is 14.8. The molecule has 1 aromatic carbocycles. The van der Waals surface area contributed by atoms with E-state index in [9.17, 15) is 4.79 Å². The van der Waals surface area contributed by atoms with Crippen molar-refractivity contribution in [2.45, 2.75) is 57.6 Å². The predicted octanol–water partition coefficient (Wildman–Crippen LogP) is 3.36. The van der Waals surface area contributed by atoms with Crippen LogP contribution in [0.1, 0.15) is 50.5 Å². The second kappa shape index (κ2) is 8.52. The summed E-state index contributed by atoms with van der Waals surface area (Å²) in [5.41, 5.74) is 1.13. The third-order valence-electron chi connectivity index (χ3n) is 5.33. The molecule has 0 spiro atoms. The molecule has 0 radical (unpaired) electrons. The highest BCUT2D eigenvalue weighted by Crippen LogP contribution is 2.24. The number of nitrogens with zero attached hydrogens (tertiary/aromatic N) is 1. The van der Waals surface area contributed by atoms with Crippen LogP contribution in [-0.4, -0.2) is 37.0 Å². The van der Waals surface area contributed by atoms with E-state index >= 15 is 0 Å². The van der Waals surface area contributed by atoms with Crippen molar-refractivity contribution in [3.05, 3.63) is 29.8 Å². The Bertz CT molecular complexity index is 515. The van der Waals surface area contributed by atoms with Gasteiger partial charge in [-0.15, -0.1) is 0 Å². The van der Waals surface area contributed by atoms with Crippen molar-refractivity contribution in [1.82, 2.24) is 10.2 Å². The van der Waals surface area contributed by atoms with Crippen LogP contribution in [0, 0.1) is 5.92 Å². The maximum Gasteiger partial charge on any atom is 0.223 e. The summed E-state index contributed by atoms with van der Waals surface area (Å²) in [5.74, 6) is 1.39. The van der Waals surface area contributed by atoms with E-state index in [2.05, 4.69) is 29.4 Å². The summed E-state index contributed by atoms with van der Waals surface area (Å²) in [6.45, 7) is 2.83. The Kier molecular flexibility index (Phi) is 6.13. The molecular formula is C20H30N2O2. The fourth-order valence-electron chi connectivity index (χ4n) is 3.68. The van der Waals surface area contributed by atoms with Gasteiger partial charge >= 0.3 is 0 Å². The molecule has 1 heterocycles. The molecule has 0 unspecified atom stereocenters. The first-order valence-corrected chi connectivity index (χ1v) is 9.42. The zero-order chi connectivity index (χ0) is 16.8. The van der Waals surface area contributed by atoms with Crippen molar-refractivity contribution in [3.8, 4) is 5.75 Å². The Morgan fingerprint density at radius 3 is 2.42 bits per heavy atom. The van der Waals surface area contributed by atoms with E-state index in [1.807, 2.05) is 12.1 Å². The minimum atomic E-state index is 0.223. The molecule has 1 saturated heterocycles. The fraction of sp³-hybridized carbons (Fsp3) is 0.650. The minimum Gasteiger partial charge on any atom is -0.490 e. The summed E-state index contributed by atoms with van der Waals surface area (Å²) >= 11 is 0. The van der Waals surface area contributed by atoms with E-state index in [1.54, 1.807) is 0 Å². The van der Waals surface area contributed by atoms with E-state index in [0.29, 0.717) is 12.6 Å². The zero-order valence-corrected chi connectivity index (χ0v) is 14.8. The van der Waals surface area contributed by atoms with Crippen molar-refractivity contribution in [2.75, 3.05) is 20.1 Å². The number of amides is 1. The maximum absolute atomic E-state index is 12.2. The lowest BCUT2D eigenvalue weighted by Crippen LogP contribution is -2.35. The molecule has 4 heteroatoms. The summed E-state index contributed by atoms with van der Waals surface area (Å²) in [6, 6.07) is 8.18. The van der Waals surface area contributed by atoms with Gasteiger partial charge < -0.3 is 15.0 Å². The number of nitrogens with one attached hydrogen (secondary N) is 1. The van der Waals surface area contributed by atoms with Crippen LogP contribution in [-0.2, 0) is 11.3 Å². The highest BCUT2D eigenvalue weighted by atomic mass is 16.5. The smallest absolute Gasteiger partial charge is 0.223 e. The van der Waals surface area contributed by atoms with E-state index in [4.69, 9.17) is 4.74 Å². The molecule has 1 saturated carbocycles. The Balaban J connectivity index is 1.43. The van der Waals surface area contributed by atoms with Crippen molar-refractivity contribution in [2.24, 2.45) is 5.92 Å². The highest BCUT2D eigenvalue weighted by molar-refractivity contribution is 5.78. The van der Waals surface area contributed by atoms with E-state index in [1.165, 1.54) is 19.3 Å². The second-order valence-corrected chi connectivity index (χ2v) is 7.32. The van der Waals surface area contributed by atoms with Crippen LogP contribution >= 0.6 is 0 Å². The van der Waals surface area contributed by atoms with Crippen LogP contribution < -0.4 is 10.1 Å². The molecule has 2 fully saturated rings. The average molecular weight is 330 g/mol. The van der Waals surface area contributed by atoms with Gasteiger partial charge in [0.15, 0.2) is 0 Å².